The second-order valence-electron chi connectivity index (χ2n) is 4.45. The van der Waals surface area contributed by atoms with Crippen LogP contribution in [0.3, 0.4) is 0 Å². The van der Waals surface area contributed by atoms with E-state index in [2.05, 4.69) is 0 Å². The van der Waals surface area contributed by atoms with Crippen LogP contribution in [0.4, 0.5) is 13.2 Å². The van der Waals surface area contributed by atoms with Crippen LogP contribution in [0.25, 0.3) is 0 Å². The number of nitrogens with two attached hydrogens (primary N) is 1. The molecule has 2 aromatic carbocycles. The first-order valence-electron chi connectivity index (χ1n) is 5.93. The van der Waals surface area contributed by atoms with Gasteiger partial charge in [-0.1, -0.05) is 30.3 Å². The highest BCUT2D eigenvalue weighted by molar-refractivity contribution is 5.28. The van der Waals surface area contributed by atoms with E-state index in [1.54, 1.807) is 30.3 Å². The fourth-order valence-corrected chi connectivity index (χ4v) is 2.01. The molecule has 0 heterocycles. The number of hydrogen-bond donors (Lipinski definition) is 1. The molecule has 0 radical (unpaired) electrons. The van der Waals surface area contributed by atoms with Crippen LogP contribution in [-0.4, -0.2) is 6.54 Å². The second kappa shape index (κ2) is 5.45. The van der Waals surface area contributed by atoms with Crippen molar-refractivity contribution in [2.24, 2.45) is 5.73 Å². The fraction of sp³-hybridized carbons (Fsp3) is 0.200. The summed E-state index contributed by atoms with van der Waals surface area (Å²) < 4.78 is 41.5. The normalized spacial score (nSPS) is 14.1. The first-order chi connectivity index (χ1) is 9.05. The molecule has 0 aromatic heterocycles. The number of benzene rings is 2. The molecule has 0 saturated heterocycles. The lowest BCUT2D eigenvalue weighted by molar-refractivity contribution is 0.173. The average Bonchev–Trinajstić information content (AvgIpc) is 2.44. The summed E-state index contributed by atoms with van der Waals surface area (Å²) in [4.78, 5) is 0. The van der Waals surface area contributed by atoms with Crippen LogP contribution in [0.2, 0.25) is 0 Å². The third-order valence-electron chi connectivity index (χ3n) is 3.09. The standard InChI is InChI=1S/C15H14F3N/c16-13-6-7-14(17)11(8-13)9-15(18,10-19)12-4-2-1-3-5-12/h1-8H,9-10,19H2. The molecule has 1 nitrogen and oxygen atoms in total. The predicted molar refractivity (Wildman–Crippen MR) is 68.3 cm³/mol. The van der Waals surface area contributed by atoms with Gasteiger partial charge in [0.05, 0.1) is 0 Å². The summed E-state index contributed by atoms with van der Waals surface area (Å²) in [6.07, 6.45) is -0.295. The van der Waals surface area contributed by atoms with Gasteiger partial charge in [-0.2, -0.15) is 0 Å². The van der Waals surface area contributed by atoms with Crippen molar-refractivity contribution in [3.63, 3.8) is 0 Å². The Balaban J connectivity index is 2.36. The monoisotopic (exact) mass is 265 g/mol. The smallest absolute Gasteiger partial charge is 0.152 e. The zero-order valence-corrected chi connectivity index (χ0v) is 10.2. The molecule has 0 bridgehead atoms. The maximum atomic E-state index is 14.8. The minimum atomic E-state index is -1.91. The summed E-state index contributed by atoms with van der Waals surface area (Å²) >= 11 is 0. The second-order valence-corrected chi connectivity index (χ2v) is 4.45. The Morgan fingerprint density at radius 1 is 1.00 bits per heavy atom. The summed E-state index contributed by atoms with van der Waals surface area (Å²) in [5, 5.41) is 0. The summed E-state index contributed by atoms with van der Waals surface area (Å²) in [6.45, 7) is -0.299. The van der Waals surface area contributed by atoms with Crippen LogP contribution in [-0.2, 0) is 12.1 Å². The molecule has 0 saturated carbocycles. The van der Waals surface area contributed by atoms with Crippen molar-refractivity contribution in [1.29, 1.82) is 0 Å². The molecule has 0 amide bonds. The van der Waals surface area contributed by atoms with Crippen molar-refractivity contribution in [3.8, 4) is 0 Å². The van der Waals surface area contributed by atoms with Gasteiger partial charge in [0.2, 0.25) is 0 Å². The minimum absolute atomic E-state index is 0.0168. The average molecular weight is 265 g/mol. The van der Waals surface area contributed by atoms with E-state index in [9.17, 15) is 13.2 Å². The number of rotatable bonds is 4. The Hall–Kier alpha value is -1.81. The zero-order chi connectivity index (χ0) is 13.9. The van der Waals surface area contributed by atoms with Gasteiger partial charge in [-0.3, -0.25) is 0 Å². The molecule has 2 rings (SSSR count). The van der Waals surface area contributed by atoms with E-state index in [0.29, 0.717) is 5.56 Å². The van der Waals surface area contributed by atoms with Crippen LogP contribution >= 0.6 is 0 Å². The molecule has 0 fully saturated rings. The first kappa shape index (κ1) is 13.6. The van der Waals surface area contributed by atoms with Gasteiger partial charge < -0.3 is 5.73 Å². The van der Waals surface area contributed by atoms with E-state index in [0.717, 1.165) is 18.2 Å². The Bertz CT molecular complexity index is 557. The van der Waals surface area contributed by atoms with E-state index in [1.807, 2.05) is 0 Å². The molecule has 100 valence electrons. The number of halogens is 3. The molecule has 1 atom stereocenters. The van der Waals surface area contributed by atoms with E-state index >= 15 is 0 Å². The molecule has 2 aromatic rings. The molecule has 2 N–H and O–H groups in total. The SMILES string of the molecule is NCC(F)(Cc1cc(F)ccc1F)c1ccccc1. The lowest BCUT2D eigenvalue weighted by Gasteiger charge is -2.24. The summed E-state index contributed by atoms with van der Waals surface area (Å²) in [6, 6.07) is 11.3. The lowest BCUT2D eigenvalue weighted by atomic mass is 9.89. The molecule has 0 aliphatic heterocycles. The summed E-state index contributed by atoms with van der Waals surface area (Å²) in [5.74, 6) is -1.23. The van der Waals surface area contributed by atoms with E-state index in [1.165, 1.54) is 0 Å². The van der Waals surface area contributed by atoms with Crippen molar-refractivity contribution in [2.45, 2.75) is 12.1 Å². The number of hydrogen-bond acceptors (Lipinski definition) is 1. The van der Waals surface area contributed by atoms with Gasteiger partial charge in [0.25, 0.3) is 0 Å². The van der Waals surface area contributed by atoms with Crippen molar-refractivity contribution in [2.75, 3.05) is 6.54 Å². The largest absolute Gasteiger partial charge is 0.327 e. The topological polar surface area (TPSA) is 26.0 Å². The van der Waals surface area contributed by atoms with Crippen molar-refractivity contribution < 1.29 is 13.2 Å². The maximum absolute atomic E-state index is 14.8. The van der Waals surface area contributed by atoms with Crippen LogP contribution in [0.15, 0.2) is 48.5 Å². The van der Waals surface area contributed by atoms with Gasteiger partial charge in [0.15, 0.2) is 5.67 Å². The fourth-order valence-electron chi connectivity index (χ4n) is 2.01. The highest BCUT2D eigenvalue weighted by Gasteiger charge is 2.31. The van der Waals surface area contributed by atoms with E-state index in [-0.39, 0.29) is 18.5 Å². The molecule has 4 heteroatoms. The summed E-state index contributed by atoms with van der Waals surface area (Å²) in [7, 11) is 0. The molecule has 1 unspecified atom stereocenters. The van der Waals surface area contributed by atoms with Crippen LogP contribution in [0, 0.1) is 11.6 Å². The van der Waals surface area contributed by atoms with Gasteiger partial charge in [-0.15, -0.1) is 0 Å². The molecular weight excluding hydrogens is 251 g/mol. The Morgan fingerprint density at radius 2 is 1.68 bits per heavy atom. The molecular formula is C15H14F3N. The Labute approximate surface area is 109 Å². The van der Waals surface area contributed by atoms with Gasteiger partial charge in [0, 0.05) is 13.0 Å². The molecule has 19 heavy (non-hydrogen) atoms. The predicted octanol–water partition coefficient (Wildman–Crippen LogP) is 3.33. The van der Waals surface area contributed by atoms with E-state index < -0.39 is 17.3 Å². The highest BCUT2D eigenvalue weighted by Crippen LogP contribution is 2.30. The number of alkyl halides is 1. The van der Waals surface area contributed by atoms with Crippen molar-refractivity contribution in [1.82, 2.24) is 0 Å². The van der Waals surface area contributed by atoms with Gasteiger partial charge in [-0.05, 0) is 29.3 Å². The highest BCUT2D eigenvalue weighted by atomic mass is 19.1. The van der Waals surface area contributed by atoms with Crippen molar-refractivity contribution in [3.05, 3.63) is 71.3 Å². The minimum Gasteiger partial charge on any atom is -0.327 e. The van der Waals surface area contributed by atoms with Crippen molar-refractivity contribution >= 4 is 0 Å². The lowest BCUT2D eigenvalue weighted by Crippen LogP contribution is -2.33. The molecule has 0 aliphatic carbocycles. The summed E-state index contributed by atoms with van der Waals surface area (Å²) in [5.41, 5.74) is 3.92. The maximum Gasteiger partial charge on any atom is 0.152 e. The van der Waals surface area contributed by atoms with Gasteiger partial charge >= 0.3 is 0 Å². The third kappa shape index (κ3) is 2.96. The van der Waals surface area contributed by atoms with Crippen LogP contribution in [0.5, 0.6) is 0 Å². The Kier molecular flexibility index (Phi) is 3.90. The molecule has 0 aliphatic rings. The van der Waals surface area contributed by atoms with Gasteiger partial charge in [0.1, 0.15) is 11.6 Å². The first-order valence-corrected chi connectivity index (χ1v) is 5.93. The zero-order valence-electron chi connectivity index (χ0n) is 10.2. The van der Waals surface area contributed by atoms with E-state index in [4.69, 9.17) is 5.73 Å². The van der Waals surface area contributed by atoms with Crippen LogP contribution < -0.4 is 5.73 Å². The Morgan fingerprint density at radius 3 is 2.32 bits per heavy atom. The quantitative estimate of drug-likeness (QED) is 0.901. The third-order valence-corrected chi connectivity index (χ3v) is 3.09. The van der Waals surface area contributed by atoms with Crippen LogP contribution in [0.1, 0.15) is 11.1 Å². The molecule has 0 spiro atoms. The van der Waals surface area contributed by atoms with Gasteiger partial charge in [-0.25, -0.2) is 13.2 Å².